The van der Waals surface area contributed by atoms with Crippen LogP contribution < -0.4 is 10.1 Å². The molecule has 0 bridgehead atoms. The molecule has 0 atom stereocenters. The first-order valence-electron chi connectivity index (χ1n) is 8.36. The molecule has 0 saturated carbocycles. The number of imide groups is 1. The van der Waals surface area contributed by atoms with Crippen molar-refractivity contribution in [1.29, 1.82) is 0 Å². The van der Waals surface area contributed by atoms with E-state index in [1.165, 1.54) is 25.3 Å². The molecular formula is C19H17ClN2O6. The van der Waals surface area contributed by atoms with Gasteiger partial charge in [-0.15, -0.1) is 0 Å². The molecular weight excluding hydrogens is 388 g/mol. The second-order valence-corrected chi connectivity index (χ2v) is 6.19. The minimum atomic E-state index is -0.645. The van der Waals surface area contributed by atoms with Crippen molar-refractivity contribution in [2.75, 3.05) is 13.7 Å². The lowest BCUT2D eigenvalue weighted by Crippen LogP contribution is -2.30. The first-order chi connectivity index (χ1) is 13.4. The van der Waals surface area contributed by atoms with E-state index in [0.717, 1.165) is 4.90 Å². The van der Waals surface area contributed by atoms with E-state index in [0.29, 0.717) is 22.9 Å². The maximum absolute atomic E-state index is 12.6. The third kappa shape index (κ3) is 4.01. The zero-order valence-electron chi connectivity index (χ0n) is 15.2. The first kappa shape index (κ1) is 19.5. The Kier molecular flexibility index (Phi) is 5.70. The maximum Gasteiger partial charge on any atom is 0.373 e. The molecule has 0 unspecified atom stereocenters. The summed E-state index contributed by atoms with van der Waals surface area (Å²) in [4.78, 5) is 37.3. The van der Waals surface area contributed by atoms with Crippen LogP contribution in [0.25, 0.3) is 6.08 Å². The topological polar surface area (TPSA) is 98.1 Å². The third-order valence-electron chi connectivity index (χ3n) is 3.90. The highest BCUT2D eigenvalue weighted by molar-refractivity contribution is 6.30. The minimum Gasteiger partial charge on any atom is -0.493 e. The predicted octanol–water partition coefficient (Wildman–Crippen LogP) is 3.21. The van der Waals surface area contributed by atoms with Crippen LogP contribution >= 0.6 is 11.6 Å². The number of ether oxygens (including phenoxy) is 2. The van der Waals surface area contributed by atoms with Gasteiger partial charge in [0.05, 0.1) is 20.3 Å². The molecule has 1 fully saturated rings. The van der Waals surface area contributed by atoms with E-state index in [4.69, 9.17) is 20.8 Å². The van der Waals surface area contributed by atoms with Gasteiger partial charge in [-0.2, -0.15) is 0 Å². The van der Waals surface area contributed by atoms with Crippen LogP contribution in [-0.2, 0) is 16.1 Å². The van der Waals surface area contributed by atoms with Gasteiger partial charge in [-0.05, 0) is 43.3 Å². The number of rotatable bonds is 6. The molecule has 28 heavy (non-hydrogen) atoms. The van der Waals surface area contributed by atoms with Gasteiger partial charge >= 0.3 is 12.0 Å². The van der Waals surface area contributed by atoms with Crippen LogP contribution in [0.1, 0.15) is 28.8 Å². The summed E-state index contributed by atoms with van der Waals surface area (Å²) in [5.74, 6) is -0.394. The smallest absolute Gasteiger partial charge is 0.373 e. The first-order valence-corrected chi connectivity index (χ1v) is 8.74. The van der Waals surface area contributed by atoms with Crippen LogP contribution in [-0.4, -0.2) is 36.5 Å². The fourth-order valence-corrected chi connectivity index (χ4v) is 2.80. The average molecular weight is 405 g/mol. The van der Waals surface area contributed by atoms with Crippen LogP contribution in [0.4, 0.5) is 4.79 Å². The summed E-state index contributed by atoms with van der Waals surface area (Å²) >= 11 is 6.03. The number of esters is 1. The van der Waals surface area contributed by atoms with Gasteiger partial charge in [0.2, 0.25) is 5.76 Å². The minimum absolute atomic E-state index is 0.0133. The summed E-state index contributed by atoms with van der Waals surface area (Å²) in [6.45, 7) is 2.14. The summed E-state index contributed by atoms with van der Waals surface area (Å²) in [5.41, 5.74) is 0.638. The molecule has 1 N–H and O–H groups in total. The van der Waals surface area contributed by atoms with Crippen molar-refractivity contribution < 1.29 is 28.3 Å². The number of furan rings is 1. The monoisotopic (exact) mass is 404 g/mol. The number of benzene rings is 1. The maximum atomic E-state index is 12.6. The Morgan fingerprint density at radius 3 is 2.79 bits per heavy atom. The van der Waals surface area contributed by atoms with Crippen molar-refractivity contribution in [2.24, 2.45) is 0 Å². The summed E-state index contributed by atoms with van der Waals surface area (Å²) < 4.78 is 15.4. The Hall–Kier alpha value is -3.26. The second-order valence-electron chi connectivity index (χ2n) is 5.75. The predicted molar refractivity (Wildman–Crippen MR) is 99.7 cm³/mol. The summed E-state index contributed by atoms with van der Waals surface area (Å²) in [5, 5.41) is 2.99. The molecule has 146 valence electrons. The lowest BCUT2D eigenvalue weighted by atomic mass is 10.1. The van der Waals surface area contributed by atoms with Crippen molar-refractivity contribution in [2.45, 2.75) is 13.5 Å². The second kappa shape index (κ2) is 8.18. The van der Waals surface area contributed by atoms with Gasteiger partial charge < -0.3 is 19.2 Å². The summed E-state index contributed by atoms with van der Waals surface area (Å²) in [6.07, 6.45) is 1.50. The van der Waals surface area contributed by atoms with Crippen molar-refractivity contribution in [3.8, 4) is 5.75 Å². The average Bonchev–Trinajstić information content (AvgIpc) is 3.24. The Labute approximate surface area is 165 Å². The number of halogens is 1. The highest BCUT2D eigenvalue weighted by Crippen LogP contribution is 2.27. The molecule has 1 aliphatic heterocycles. The molecule has 2 heterocycles. The molecule has 3 rings (SSSR count). The molecule has 2 aromatic rings. The van der Waals surface area contributed by atoms with Gasteiger partial charge in [0.15, 0.2) is 0 Å². The molecule has 1 aromatic heterocycles. The van der Waals surface area contributed by atoms with Crippen molar-refractivity contribution in [1.82, 2.24) is 10.2 Å². The van der Waals surface area contributed by atoms with Gasteiger partial charge in [0.1, 0.15) is 17.2 Å². The molecule has 0 spiro atoms. The number of hydrogen-bond donors (Lipinski definition) is 1. The fourth-order valence-electron chi connectivity index (χ4n) is 2.62. The van der Waals surface area contributed by atoms with Crippen LogP contribution in [0.15, 0.2) is 40.4 Å². The molecule has 3 amide bonds. The Bertz CT molecular complexity index is 965. The zero-order chi connectivity index (χ0) is 20.3. The van der Waals surface area contributed by atoms with E-state index in [9.17, 15) is 14.4 Å². The largest absolute Gasteiger partial charge is 0.493 e. The van der Waals surface area contributed by atoms with Gasteiger partial charge in [0.25, 0.3) is 5.91 Å². The van der Waals surface area contributed by atoms with Gasteiger partial charge in [-0.1, -0.05) is 11.6 Å². The van der Waals surface area contributed by atoms with Crippen LogP contribution in [0.2, 0.25) is 5.02 Å². The number of nitrogens with zero attached hydrogens (tertiary/aromatic N) is 1. The van der Waals surface area contributed by atoms with E-state index in [-0.39, 0.29) is 23.8 Å². The highest BCUT2D eigenvalue weighted by atomic mass is 35.5. The Morgan fingerprint density at radius 1 is 1.29 bits per heavy atom. The summed E-state index contributed by atoms with van der Waals surface area (Å²) in [7, 11) is 1.23. The quantitative estimate of drug-likeness (QED) is 0.451. The standard InChI is InChI=1S/C19H17ClN2O6/c1-3-27-15-6-4-12(20)8-11(15)9-14-17(23)22(19(25)21-14)10-13-5-7-16(28-13)18(24)26-2/h4-9H,3,10H2,1-2H3,(H,21,25)/b14-9-. The number of nitrogens with one attached hydrogen (secondary N) is 1. The third-order valence-corrected chi connectivity index (χ3v) is 4.13. The van der Waals surface area contributed by atoms with Crippen LogP contribution in [0, 0.1) is 0 Å². The lowest BCUT2D eigenvalue weighted by molar-refractivity contribution is -0.123. The number of carbonyl (C=O) groups is 3. The number of amides is 3. The fraction of sp³-hybridized carbons (Fsp3) is 0.211. The molecule has 1 aliphatic rings. The highest BCUT2D eigenvalue weighted by Gasteiger charge is 2.34. The van der Waals surface area contributed by atoms with E-state index >= 15 is 0 Å². The van der Waals surface area contributed by atoms with Crippen molar-refractivity contribution in [3.63, 3.8) is 0 Å². The van der Waals surface area contributed by atoms with E-state index < -0.39 is 17.9 Å². The summed E-state index contributed by atoms with van der Waals surface area (Å²) in [6, 6.07) is 7.30. The number of hydrogen-bond acceptors (Lipinski definition) is 6. The van der Waals surface area contributed by atoms with Crippen molar-refractivity contribution >= 4 is 35.6 Å². The SMILES string of the molecule is CCOc1ccc(Cl)cc1/C=C1\NC(=O)N(Cc2ccc(C(=O)OC)o2)C1=O. The molecule has 9 heteroatoms. The van der Waals surface area contributed by atoms with E-state index in [2.05, 4.69) is 10.1 Å². The number of urea groups is 1. The molecule has 1 saturated heterocycles. The van der Waals surface area contributed by atoms with E-state index in [1.54, 1.807) is 18.2 Å². The lowest BCUT2D eigenvalue weighted by Gasteiger charge is -2.09. The van der Waals surface area contributed by atoms with Crippen molar-refractivity contribution in [3.05, 3.63) is 58.1 Å². The molecule has 0 aliphatic carbocycles. The number of carbonyl (C=O) groups excluding carboxylic acids is 3. The van der Waals surface area contributed by atoms with Crippen LogP contribution in [0.5, 0.6) is 5.75 Å². The molecule has 8 nitrogen and oxygen atoms in total. The van der Waals surface area contributed by atoms with Gasteiger partial charge in [-0.25, -0.2) is 9.59 Å². The van der Waals surface area contributed by atoms with Gasteiger partial charge in [-0.3, -0.25) is 9.69 Å². The number of methoxy groups -OCH3 is 1. The van der Waals surface area contributed by atoms with E-state index in [1.807, 2.05) is 6.92 Å². The normalized spacial score (nSPS) is 15.1. The molecule has 0 radical (unpaired) electrons. The van der Waals surface area contributed by atoms with Crippen LogP contribution in [0.3, 0.4) is 0 Å². The Morgan fingerprint density at radius 2 is 2.07 bits per heavy atom. The molecule has 1 aromatic carbocycles. The Balaban J connectivity index is 1.82. The zero-order valence-corrected chi connectivity index (χ0v) is 15.9. The van der Waals surface area contributed by atoms with Gasteiger partial charge in [0, 0.05) is 10.6 Å².